The van der Waals surface area contributed by atoms with Crippen molar-refractivity contribution in [2.45, 2.75) is 63.5 Å². The van der Waals surface area contributed by atoms with Crippen LogP contribution in [0.1, 0.15) is 50.2 Å². The third kappa shape index (κ3) is 3.42. The van der Waals surface area contributed by atoms with Gasteiger partial charge in [-0.3, -0.25) is 0 Å². The van der Waals surface area contributed by atoms with Gasteiger partial charge in [0.15, 0.2) is 0 Å². The smallest absolute Gasteiger partial charge is 0.0834 e. The van der Waals surface area contributed by atoms with Crippen LogP contribution >= 0.6 is 0 Å². The average Bonchev–Trinajstić information content (AvgIpc) is 2.53. The summed E-state index contributed by atoms with van der Waals surface area (Å²) in [5, 5.41) is 3.52. The molecule has 0 radical (unpaired) electrons. The van der Waals surface area contributed by atoms with E-state index in [9.17, 15) is 0 Å². The van der Waals surface area contributed by atoms with E-state index in [0.717, 1.165) is 12.8 Å². The standard InChI is InChI=1S/C18H29NO/c1-4-15-8-10-16(11-9-15)14-17(19-2)18(20-3)12-6-5-7-13-18/h8-11,17,19H,4-7,12-14H2,1-3H3. The third-order valence-corrected chi connectivity index (χ3v) is 4.96. The van der Waals surface area contributed by atoms with Crippen molar-refractivity contribution < 1.29 is 4.74 Å². The van der Waals surface area contributed by atoms with Gasteiger partial charge in [0.25, 0.3) is 0 Å². The molecular weight excluding hydrogens is 246 g/mol. The number of rotatable bonds is 6. The second-order valence-corrected chi connectivity index (χ2v) is 6.04. The Morgan fingerprint density at radius 3 is 2.20 bits per heavy atom. The van der Waals surface area contributed by atoms with Crippen molar-refractivity contribution in [3.63, 3.8) is 0 Å². The molecule has 1 saturated carbocycles. The van der Waals surface area contributed by atoms with Gasteiger partial charge in [-0.15, -0.1) is 0 Å². The molecule has 1 aromatic carbocycles. The number of methoxy groups -OCH3 is 1. The van der Waals surface area contributed by atoms with Crippen LogP contribution < -0.4 is 5.32 Å². The van der Waals surface area contributed by atoms with Crippen LogP contribution in [-0.4, -0.2) is 25.8 Å². The summed E-state index contributed by atoms with van der Waals surface area (Å²) in [6.45, 7) is 2.20. The predicted molar refractivity (Wildman–Crippen MR) is 85.2 cm³/mol. The first-order valence-electron chi connectivity index (χ1n) is 8.04. The number of hydrogen-bond acceptors (Lipinski definition) is 2. The summed E-state index contributed by atoms with van der Waals surface area (Å²) in [5.74, 6) is 0. The van der Waals surface area contributed by atoms with Gasteiger partial charge in [-0.1, -0.05) is 50.5 Å². The van der Waals surface area contributed by atoms with E-state index in [1.807, 2.05) is 7.11 Å². The maximum absolute atomic E-state index is 5.99. The lowest BCUT2D eigenvalue weighted by atomic mass is 9.77. The van der Waals surface area contributed by atoms with Crippen molar-refractivity contribution in [2.75, 3.05) is 14.2 Å². The van der Waals surface area contributed by atoms with Gasteiger partial charge in [0.05, 0.1) is 5.60 Å². The zero-order valence-corrected chi connectivity index (χ0v) is 13.2. The highest BCUT2D eigenvalue weighted by molar-refractivity contribution is 5.24. The number of benzene rings is 1. The molecule has 1 fully saturated rings. The van der Waals surface area contributed by atoms with E-state index in [4.69, 9.17) is 4.74 Å². The van der Waals surface area contributed by atoms with Crippen LogP contribution in [0.2, 0.25) is 0 Å². The molecule has 1 aliphatic rings. The second kappa shape index (κ2) is 7.24. The molecule has 1 unspecified atom stereocenters. The quantitative estimate of drug-likeness (QED) is 0.854. The van der Waals surface area contributed by atoms with E-state index >= 15 is 0 Å². The third-order valence-electron chi connectivity index (χ3n) is 4.96. The summed E-state index contributed by atoms with van der Waals surface area (Å²) in [6, 6.07) is 9.45. The largest absolute Gasteiger partial charge is 0.377 e. The molecule has 0 bridgehead atoms. The average molecular weight is 275 g/mol. The molecule has 1 aromatic rings. The Morgan fingerprint density at radius 1 is 1.10 bits per heavy atom. The molecule has 0 aliphatic heterocycles. The molecule has 0 heterocycles. The van der Waals surface area contributed by atoms with E-state index in [1.165, 1.54) is 43.2 Å². The lowest BCUT2D eigenvalue weighted by Crippen LogP contribution is -2.53. The molecule has 20 heavy (non-hydrogen) atoms. The van der Waals surface area contributed by atoms with Gasteiger partial charge >= 0.3 is 0 Å². The normalized spacial score (nSPS) is 19.8. The van der Waals surface area contributed by atoms with Crippen LogP contribution in [-0.2, 0) is 17.6 Å². The van der Waals surface area contributed by atoms with Gasteiger partial charge in [-0.25, -0.2) is 0 Å². The molecule has 2 heteroatoms. The highest BCUT2D eigenvalue weighted by Crippen LogP contribution is 2.35. The fraction of sp³-hybridized carbons (Fsp3) is 0.667. The van der Waals surface area contributed by atoms with Gasteiger partial charge in [0.1, 0.15) is 0 Å². The van der Waals surface area contributed by atoms with Crippen molar-refractivity contribution >= 4 is 0 Å². The Morgan fingerprint density at radius 2 is 1.70 bits per heavy atom. The van der Waals surface area contributed by atoms with Crippen LogP contribution in [0, 0.1) is 0 Å². The Balaban J connectivity index is 2.09. The van der Waals surface area contributed by atoms with Crippen molar-refractivity contribution in [3.8, 4) is 0 Å². The Hall–Kier alpha value is -0.860. The topological polar surface area (TPSA) is 21.3 Å². The summed E-state index contributed by atoms with van der Waals surface area (Å²) in [4.78, 5) is 0. The van der Waals surface area contributed by atoms with E-state index < -0.39 is 0 Å². The minimum Gasteiger partial charge on any atom is -0.377 e. The van der Waals surface area contributed by atoms with Crippen LogP contribution in [0.5, 0.6) is 0 Å². The fourth-order valence-corrected chi connectivity index (χ4v) is 3.54. The number of aryl methyl sites for hydroxylation is 1. The summed E-state index contributed by atoms with van der Waals surface area (Å²) < 4.78 is 5.99. The fourth-order valence-electron chi connectivity index (χ4n) is 3.54. The zero-order chi connectivity index (χ0) is 14.4. The molecule has 0 aromatic heterocycles. The molecule has 1 atom stereocenters. The second-order valence-electron chi connectivity index (χ2n) is 6.04. The molecule has 0 saturated heterocycles. The molecule has 112 valence electrons. The minimum atomic E-state index is 0.0242. The van der Waals surface area contributed by atoms with Gasteiger partial charge in [0.2, 0.25) is 0 Å². The lowest BCUT2D eigenvalue weighted by Gasteiger charge is -2.42. The van der Waals surface area contributed by atoms with Gasteiger partial charge < -0.3 is 10.1 Å². The summed E-state index contributed by atoms with van der Waals surface area (Å²) >= 11 is 0. The number of ether oxygens (including phenoxy) is 1. The molecule has 1 N–H and O–H groups in total. The SMILES string of the molecule is CCc1ccc(CC(NC)C2(OC)CCCCC2)cc1. The van der Waals surface area contributed by atoms with Crippen LogP contribution in [0.3, 0.4) is 0 Å². The van der Waals surface area contributed by atoms with Crippen molar-refractivity contribution in [2.24, 2.45) is 0 Å². The van der Waals surface area contributed by atoms with Crippen molar-refractivity contribution in [1.29, 1.82) is 0 Å². The summed E-state index contributed by atoms with van der Waals surface area (Å²) in [6.07, 6.45) is 8.46. The summed E-state index contributed by atoms with van der Waals surface area (Å²) in [5.41, 5.74) is 2.84. The highest BCUT2D eigenvalue weighted by Gasteiger charge is 2.39. The van der Waals surface area contributed by atoms with Crippen molar-refractivity contribution in [3.05, 3.63) is 35.4 Å². The molecule has 2 rings (SSSR count). The monoisotopic (exact) mass is 275 g/mol. The van der Waals surface area contributed by atoms with Gasteiger partial charge in [-0.2, -0.15) is 0 Å². The van der Waals surface area contributed by atoms with Gasteiger partial charge in [0, 0.05) is 13.2 Å². The Bertz CT molecular complexity index is 392. The first-order chi connectivity index (χ1) is 9.74. The first kappa shape index (κ1) is 15.5. The molecule has 0 spiro atoms. The van der Waals surface area contributed by atoms with Crippen LogP contribution in [0.15, 0.2) is 24.3 Å². The van der Waals surface area contributed by atoms with Gasteiger partial charge in [-0.05, 0) is 43.9 Å². The molecular formula is C18H29NO. The predicted octanol–water partition coefficient (Wildman–Crippen LogP) is 3.73. The molecule has 2 nitrogen and oxygen atoms in total. The zero-order valence-electron chi connectivity index (χ0n) is 13.2. The van der Waals surface area contributed by atoms with E-state index in [2.05, 4.69) is 43.6 Å². The van der Waals surface area contributed by atoms with E-state index in [-0.39, 0.29) is 5.60 Å². The summed E-state index contributed by atoms with van der Waals surface area (Å²) in [7, 11) is 3.95. The minimum absolute atomic E-state index is 0.0242. The van der Waals surface area contributed by atoms with Crippen molar-refractivity contribution in [1.82, 2.24) is 5.32 Å². The molecule has 1 aliphatic carbocycles. The number of nitrogens with one attached hydrogen (secondary N) is 1. The van der Waals surface area contributed by atoms with Crippen LogP contribution in [0.4, 0.5) is 0 Å². The highest BCUT2D eigenvalue weighted by atomic mass is 16.5. The molecule has 0 amide bonds. The maximum Gasteiger partial charge on any atom is 0.0834 e. The lowest BCUT2D eigenvalue weighted by molar-refractivity contribution is -0.0657. The maximum atomic E-state index is 5.99. The Kier molecular flexibility index (Phi) is 5.62. The van der Waals surface area contributed by atoms with E-state index in [1.54, 1.807) is 0 Å². The first-order valence-corrected chi connectivity index (χ1v) is 8.04. The number of hydrogen-bond donors (Lipinski definition) is 1. The van der Waals surface area contributed by atoms with Crippen LogP contribution in [0.25, 0.3) is 0 Å². The Labute approximate surface area is 123 Å². The van der Waals surface area contributed by atoms with E-state index in [0.29, 0.717) is 6.04 Å². The number of likely N-dealkylation sites (N-methyl/N-ethyl adjacent to an activating group) is 1.